The third kappa shape index (κ3) is 6.23. The topological polar surface area (TPSA) is 114 Å². The van der Waals surface area contributed by atoms with Crippen LogP contribution in [0.2, 0.25) is 0 Å². The van der Waals surface area contributed by atoms with Crippen LogP contribution in [0.4, 0.5) is 0 Å². The molecule has 3 aliphatic rings. The number of hydrogen-bond acceptors (Lipinski definition) is 6. The monoisotopic (exact) mass is 386 g/mol. The van der Waals surface area contributed by atoms with Gasteiger partial charge in [-0.1, -0.05) is 0 Å². The van der Waals surface area contributed by atoms with Gasteiger partial charge in [0.15, 0.2) is 0 Å². The van der Waals surface area contributed by atoms with Crippen LogP contribution in [0.1, 0.15) is 28.5 Å². The summed E-state index contributed by atoms with van der Waals surface area (Å²) in [5.74, 6) is -0.536. The molecule has 0 radical (unpaired) electrons. The maximum Gasteiger partial charge on any atom is 1.00 e. The molecule has 0 aromatic rings. The normalized spacial score (nSPS) is 30.6. The Morgan fingerprint density at radius 3 is 1.17 bits per heavy atom. The lowest BCUT2D eigenvalue weighted by molar-refractivity contribution is -1.08. The highest BCUT2D eigenvalue weighted by Crippen LogP contribution is 2.27. The summed E-state index contributed by atoms with van der Waals surface area (Å²) in [6.45, 7) is 8.23. The molecule has 2 bridgehead atoms. The molecule has 0 amide bonds. The summed E-state index contributed by atoms with van der Waals surface area (Å²) >= 11 is 0. The third-order valence-electron chi connectivity index (χ3n) is 5.70. The second-order valence-electron chi connectivity index (χ2n) is 7.41. The van der Waals surface area contributed by atoms with Gasteiger partial charge >= 0.3 is 2.85 Å². The number of nitrogens with zero attached hydrogens (tertiary/aromatic N) is 2. The Kier molecular flexibility index (Phi) is 6.31. The molecule has 142 valence electrons. The molecule has 0 saturated carbocycles. The Morgan fingerprint density at radius 2 is 0.917 bits per heavy atom. The zero-order valence-electron chi connectivity index (χ0n) is 16.1. The first-order valence-electron chi connectivity index (χ1n) is 8.61. The molecule has 0 aliphatic carbocycles. The minimum absolute atomic E-state index is 0. The molecule has 3 heterocycles. The van der Waals surface area contributed by atoms with E-state index in [-0.39, 0.29) is 14.4 Å². The van der Waals surface area contributed by atoms with E-state index in [2.05, 4.69) is 0 Å². The molecule has 24 heavy (non-hydrogen) atoms. The number of piperazine rings is 3. The van der Waals surface area contributed by atoms with Gasteiger partial charge in [-0.15, -0.1) is 0 Å². The van der Waals surface area contributed by atoms with E-state index in [1.807, 2.05) is 0 Å². The molecule has 0 spiro atoms. The lowest BCUT2D eigenvalue weighted by Crippen LogP contribution is -2.75. The van der Waals surface area contributed by atoms with Crippen molar-refractivity contribution in [1.82, 2.24) is 0 Å². The maximum absolute atomic E-state index is 10.6. The fraction of sp³-hybridized carbons (Fsp3) is 1.00. The molecular weight excluding hydrogens is 356 g/mol. The van der Waals surface area contributed by atoms with Crippen LogP contribution in [0.3, 0.4) is 0 Å². The van der Waals surface area contributed by atoms with Gasteiger partial charge in [-0.05, 0) is 25.7 Å². The van der Waals surface area contributed by atoms with Crippen LogP contribution in [-0.2, 0) is 20.2 Å². The first-order valence-corrected chi connectivity index (χ1v) is 11.8. The van der Waals surface area contributed by atoms with E-state index in [1.54, 1.807) is 0 Å². The van der Waals surface area contributed by atoms with Crippen molar-refractivity contribution < 1.29 is 37.8 Å². The van der Waals surface area contributed by atoms with E-state index in [4.69, 9.17) is 0 Å². The Balaban J connectivity index is 0.00000312. The zero-order chi connectivity index (χ0) is 17.9. The minimum Gasteiger partial charge on any atom is -0.748 e. The Bertz CT molecular complexity index is 561. The molecule has 3 saturated heterocycles. The molecule has 0 atom stereocenters. The fourth-order valence-electron chi connectivity index (χ4n) is 4.07. The van der Waals surface area contributed by atoms with Gasteiger partial charge in [0.2, 0.25) is 0 Å². The molecule has 3 rings (SSSR count). The van der Waals surface area contributed by atoms with Crippen molar-refractivity contribution in [2.75, 3.05) is 63.9 Å². The van der Waals surface area contributed by atoms with Crippen molar-refractivity contribution in [2.45, 2.75) is 25.7 Å². The summed E-state index contributed by atoms with van der Waals surface area (Å²) in [5, 5.41) is 0. The lowest BCUT2D eigenvalue weighted by atomic mass is 10.0. The van der Waals surface area contributed by atoms with E-state index < -0.39 is 20.2 Å². The van der Waals surface area contributed by atoms with Gasteiger partial charge < -0.3 is 18.1 Å². The molecule has 8 nitrogen and oxygen atoms in total. The summed E-state index contributed by atoms with van der Waals surface area (Å²) in [6, 6.07) is 0. The zero-order valence-corrected chi connectivity index (χ0v) is 15.7. The SMILES string of the molecule is O=S(=O)([O-])CCCC[N+]12CC[N+](CCCCS(=O)(=O)[O-])(CC1)CC2.[H+].[H+]. The highest BCUT2D eigenvalue weighted by Gasteiger charge is 2.48. The molecular formula is C14H30N2O6S2+2. The van der Waals surface area contributed by atoms with Crippen molar-refractivity contribution in [2.24, 2.45) is 0 Å². The highest BCUT2D eigenvalue weighted by molar-refractivity contribution is 7.85. The molecule has 0 unspecified atom stereocenters. The van der Waals surface area contributed by atoms with Gasteiger partial charge in [0, 0.05) is 11.5 Å². The molecule has 10 heteroatoms. The van der Waals surface area contributed by atoms with Crippen LogP contribution >= 0.6 is 0 Å². The first-order chi connectivity index (χ1) is 11.0. The molecule has 3 aliphatic heterocycles. The molecule has 3 fully saturated rings. The van der Waals surface area contributed by atoms with Crippen LogP contribution in [0, 0.1) is 0 Å². The van der Waals surface area contributed by atoms with E-state index in [0.717, 1.165) is 74.2 Å². The van der Waals surface area contributed by atoms with Crippen molar-refractivity contribution in [3.8, 4) is 0 Å². The smallest absolute Gasteiger partial charge is 0.748 e. The van der Waals surface area contributed by atoms with Crippen LogP contribution in [0.25, 0.3) is 0 Å². The van der Waals surface area contributed by atoms with Gasteiger partial charge in [0.1, 0.15) is 39.3 Å². The molecule has 0 aromatic heterocycles. The number of rotatable bonds is 10. The quantitative estimate of drug-likeness (QED) is 0.285. The Hall–Kier alpha value is -0.260. The van der Waals surface area contributed by atoms with Crippen LogP contribution < -0.4 is 0 Å². The summed E-state index contributed by atoms with van der Waals surface area (Å²) in [6.07, 6.45) is 2.41. The third-order valence-corrected chi connectivity index (χ3v) is 7.28. The highest BCUT2D eigenvalue weighted by atomic mass is 32.2. The van der Waals surface area contributed by atoms with Gasteiger partial charge in [-0.25, -0.2) is 16.8 Å². The second-order valence-corrected chi connectivity index (χ2v) is 10.5. The molecule has 0 N–H and O–H groups in total. The number of unbranched alkanes of at least 4 members (excludes halogenated alkanes) is 2. The average molecular weight is 387 g/mol. The number of hydrogen-bond donors (Lipinski definition) is 0. The predicted molar refractivity (Wildman–Crippen MR) is 89.3 cm³/mol. The van der Waals surface area contributed by atoms with Crippen LogP contribution in [0.15, 0.2) is 0 Å². The van der Waals surface area contributed by atoms with E-state index in [0.29, 0.717) is 12.8 Å². The second kappa shape index (κ2) is 7.55. The van der Waals surface area contributed by atoms with Gasteiger partial charge in [-0.3, -0.25) is 0 Å². The summed E-state index contributed by atoms with van der Waals surface area (Å²) < 4.78 is 65.9. The summed E-state index contributed by atoms with van der Waals surface area (Å²) in [4.78, 5) is 0. The van der Waals surface area contributed by atoms with E-state index in [1.165, 1.54) is 0 Å². The van der Waals surface area contributed by atoms with Crippen molar-refractivity contribution in [3.05, 3.63) is 0 Å². The standard InChI is InChI=1S/C14H28N2O6S2/c17-23(18,19)13-3-1-5-15-7-10-16(11-8-15,12-9-15)6-2-4-14-24(20,21)22/h1-14H2/p+2. The van der Waals surface area contributed by atoms with Crippen LogP contribution in [-0.4, -0.2) is 98.8 Å². The Labute approximate surface area is 148 Å². The minimum atomic E-state index is -4.10. The summed E-state index contributed by atoms with van der Waals surface area (Å²) in [5.41, 5.74) is 0. The predicted octanol–water partition coefficient (Wildman–Crippen LogP) is -0.477. The lowest BCUT2D eigenvalue weighted by Gasteiger charge is -2.55. The maximum atomic E-state index is 10.6. The van der Waals surface area contributed by atoms with Crippen molar-refractivity contribution >= 4 is 20.2 Å². The van der Waals surface area contributed by atoms with Crippen LogP contribution in [0.5, 0.6) is 0 Å². The van der Waals surface area contributed by atoms with Crippen molar-refractivity contribution in [3.63, 3.8) is 0 Å². The van der Waals surface area contributed by atoms with Gasteiger partial charge in [-0.2, -0.15) is 0 Å². The van der Waals surface area contributed by atoms with Gasteiger partial charge in [0.05, 0.1) is 33.3 Å². The fourth-order valence-corrected chi connectivity index (χ4v) is 5.18. The number of fused-ring (bicyclic) bond motifs is 3. The van der Waals surface area contributed by atoms with E-state index in [9.17, 15) is 25.9 Å². The van der Waals surface area contributed by atoms with E-state index >= 15 is 0 Å². The first kappa shape index (κ1) is 20.1. The Morgan fingerprint density at radius 1 is 0.625 bits per heavy atom. The largest absolute Gasteiger partial charge is 1.00 e. The van der Waals surface area contributed by atoms with Crippen molar-refractivity contribution in [1.29, 1.82) is 0 Å². The average Bonchev–Trinajstić information content (AvgIpc) is 2.49. The molecule has 0 aromatic carbocycles. The summed E-state index contributed by atoms with van der Waals surface area (Å²) in [7, 11) is -8.20. The number of quaternary nitrogens is 2. The van der Waals surface area contributed by atoms with Gasteiger partial charge in [0.25, 0.3) is 0 Å².